The second-order valence-electron chi connectivity index (χ2n) is 7.17. The van der Waals surface area contributed by atoms with E-state index in [9.17, 15) is 29.9 Å². The normalized spacial score (nSPS) is 17.4. The maximum Gasteiger partial charge on any atom is 0.300 e. The third kappa shape index (κ3) is 4.02. The summed E-state index contributed by atoms with van der Waals surface area (Å²) in [6, 6.07) is 14.1. The summed E-state index contributed by atoms with van der Waals surface area (Å²) in [5.41, 5.74) is -0.0458. The van der Waals surface area contributed by atoms with Crippen molar-refractivity contribution in [2.75, 3.05) is 4.90 Å². The smallest absolute Gasteiger partial charge is 0.300 e. The summed E-state index contributed by atoms with van der Waals surface area (Å²) in [4.78, 5) is 37.8. The van der Waals surface area contributed by atoms with Crippen molar-refractivity contribution in [2.45, 2.75) is 6.04 Å². The highest BCUT2D eigenvalue weighted by atomic mass is 35.5. The molecule has 0 aliphatic carbocycles. The number of amides is 1. The van der Waals surface area contributed by atoms with E-state index >= 15 is 0 Å². The number of phenols is 1. The van der Waals surface area contributed by atoms with E-state index in [-0.39, 0.29) is 38.3 Å². The molecule has 1 amide bonds. The van der Waals surface area contributed by atoms with Crippen molar-refractivity contribution in [3.8, 4) is 5.75 Å². The minimum Gasteiger partial charge on any atom is -0.508 e. The van der Waals surface area contributed by atoms with Crippen LogP contribution in [0.25, 0.3) is 5.76 Å². The Labute approximate surface area is 197 Å². The summed E-state index contributed by atoms with van der Waals surface area (Å²) >= 11 is 12.1. The van der Waals surface area contributed by atoms with Crippen LogP contribution in [0.5, 0.6) is 5.75 Å². The molecule has 0 saturated carbocycles. The number of nitro benzene ring substituents is 1. The average molecular weight is 485 g/mol. The number of carbonyl (C=O) groups excluding carboxylic acids is 2. The number of aromatic hydroxyl groups is 1. The Morgan fingerprint density at radius 3 is 2.36 bits per heavy atom. The molecule has 10 heteroatoms. The first-order valence-corrected chi connectivity index (χ1v) is 10.2. The van der Waals surface area contributed by atoms with Crippen LogP contribution >= 0.6 is 23.2 Å². The van der Waals surface area contributed by atoms with Crippen LogP contribution in [0.2, 0.25) is 10.0 Å². The lowest BCUT2D eigenvalue weighted by Gasteiger charge is -2.25. The number of nitrogens with zero attached hydrogens (tertiary/aromatic N) is 2. The fourth-order valence-electron chi connectivity index (χ4n) is 3.67. The summed E-state index contributed by atoms with van der Waals surface area (Å²) in [7, 11) is 0. The number of halogens is 2. The van der Waals surface area contributed by atoms with Gasteiger partial charge in [-0.25, -0.2) is 0 Å². The first-order valence-electron chi connectivity index (χ1n) is 9.49. The molecule has 1 aliphatic heterocycles. The summed E-state index contributed by atoms with van der Waals surface area (Å²) in [5.74, 6) is -2.66. The Hall–Kier alpha value is -3.88. The Morgan fingerprint density at radius 1 is 0.970 bits per heavy atom. The third-order valence-corrected chi connectivity index (χ3v) is 5.88. The van der Waals surface area contributed by atoms with Crippen molar-refractivity contribution < 1.29 is 24.7 Å². The number of hydrogen-bond acceptors (Lipinski definition) is 6. The number of anilines is 1. The number of Topliss-reactive ketones (excluding diaryl/α,β-unsaturated/α-hetero) is 1. The Bertz CT molecular complexity index is 1350. The number of phenolic OH excluding ortho intramolecular Hbond substituents is 1. The molecular formula is C23H14Cl2N2O6. The van der Waals surface area contributed by atoms with E-state index in [1.807, 2.05) is 0 Å². The van der Waals surface area contributed by atoms with Crippen LogP contribution in [0.15, 0.2) is 72.3 Å². The fraction of sp³-hybridized carbons (Fsp3) is 0.0435. The molecule has 3 aromatic carbocycles. The van der Waals surface area contributed by atoms with Crippen LogP contribution in [0.4, 0.5) is 11.4 Å². The molecule has 2 N–H and O–H groups in total. The maximum absolute atomic E-state index is 13.1. The minimum absolute atomic E-state index is 0.0125. The summed E-state index contributed by atoms with van der Waals surface area (Å²) in [5, 5.41) is 32.6. The molecule has 0 spiro atoms. The molecule has 0 radical (unpaired) electrons. The second kappa shape index (κ2) is 8.57. The Balaban J connectivity index is 1.97. The van der Waals surface area contributed by atoms with Gasteiger partial charge in [0.2, 0.25) is 0 Å². The average Bonchev–Trinajstić information content (AvgIpc) is 3.06. The molecule has 8 nitrogen and oxygen atoms in total. The van der Waals surface area contributed by atoms with Crippen LogP contribution in [0, 0.1) is 10.1 Å². The fourth-order valence-corrected chi connectivity index (χ4v) is 3.96. The van der Waals surface area contributed by atoms with E-state index in [4.69, 9.17) is 23.2 Å². The van der Waals surface area contributed by atoms with Crippen LogP contribution in [0.3, 0.4) is 0 Å². The van der Waals surface area contributed by atoms with Crippen molar-refractivity contribution in [2.24, 2.45) is 0 Å². The molecule has 1 fully saturated rings. The van der Waals surface area contributed by atoms with Crippen LogP contribution in [0.1, 0.15) is 17.2 Å². The van der Waals surface area contributed by atoms with E-state index in [1.54, 1.807) is 6.07 Å². The zero-order chi connectivity index (χ0) is 23.9. The quantitative estimate of drug-likeness (QED) is 0.172. The molecule has 1 aliphatic rings. The number of aliphatic hydroxyl groups excluding tert-OH is 1. The van der Waals surface area contributed by atoms with E-state index in [2.05, 4.69) is 0 Å². The molecule has 166 valence electrons. The molecule has 1 heterocycles. The van der Waals surface area contributed by atoms with Crippen molar-refractivity contribution >= 4 is 52.0 Å². The van der Waals surface area contributed by atoms with Gasteiger partial charge in [0.1, 0.15) is 11.5 Å². The van der Waals surface area contributed by atoms with Crippen molar-refractivity contribution in [3.05, 3.63) is 104 Å². The number of benzene rings is 3. The third-order valence-electron chi connectivity index (χ3n) is 5.14. The number of nitro groups is 1. The number of hydrogen-bond donors (Lipinski definition) is 2. The first-order chi connectivity index (χ1) is 15.7. The second-order valence-corrected chi connectivity index (χ2v) is 7.98. The maximum atomic E-state index is 13.1. The standard InChI is InChI=1S/C23H14Cl2N2O6/c24-17-8-7-14(11-18(17)25)26-20(12-3-2-6-16(28)10-12)19(22(30)23(26)31)21(29)13-4-1-5-15(9-13)27(32)33/h1-11,20,28-29H/b21-19+. The van der Waals surface area contributed by atoms with E-state index in [1.165, 1.54) is 54.6 Å². The van der Waals surface area contributed by atoms with Crippen LogP contribution in [-0.2, 0) is 9.59 Å². The minimum atomic E-state index is -1.14. The van der Waals surface area contributed by atoms with Gasteiger partial charge in [0.05, 0.1) is 26.6 Å². The lowest BCUT2D eigenvalue weighted by atomic mass is 9.95. The lowest BCUT2D eigenvalue weighted by Crippen LogP contribution is -2.29. The van der Waals surface area contributed by atoms with Gasteiger partial charge in [-0.1, -0.05) is 47.5 Å². The van der Waals surface area contributed by atoms with E-state index in [0.717, 1.165) is 11.0 Å². The van der Waals surface area contributed by atoms with Gasteiger partial charge in [0.25, 0.3) is 17.4 Å². The molecule has 1 atom stereocenters. The number of non-ortho nitro benzene ring substituents is 1. The highest BCUT2D eigenvalue weighted by molar-refractivity contribution is 6.52. The summed E-state index contributed by atoms with van der Waals surface area (Å²) < 4.78 is 0. The van der Waals surface area contributed by atoms with Crippen molar-refractivity contribution in [3.63, 3.8) is 0 Å². The van der Waals surface area contributed by atoms with Crippen LogP contribution < -0.4 is 4.90 Å². The van der Waals surface area contributed by atoms with E-state index < -0.39 is 28.4 Å². The van der Waals surface area contributed by atoms with E-state index in [0.29, 0.717) is 5.56 Å². The predicted molar refractivity (Wildman–Crippen MR) is 122 cm³/mol. The van der Waals surface area contributed by atoms with Gasteiger partial charge in [0, 0.05) is 23.4 Å². The van der Waals surface area contributed by atoms with Gasteiger partial charge in [-0.15, -0.1) is 0 Å². The summed E-state index contributed by atoms with van der Waals surface area (Å²) in [6.07, 6.45) is 0. The van der Waals surface area contributed by atoms with Gasteiger partial charge >= 0.3 is 0 Å². The van der Waals surface area contributed by atoms with Gasteiger partial charge in [-0.3, -0.25) is 24.6 Å². The first kappa shape index (κ1) is 22.3. The lowest BCUT2D eigenvalue weighted by molar-refractivity contribution is -0.384. The van der Waals surface area contributed by atoms with Crippen molar-refractivity contribution in [1.29, 1.82) is 0 Å². The van der Waals surface area contributed by atoms with Crippen molar-refractivity contribution in [1.82, 2.24) is 0 Å². The molecule has 0 bridgehead atoms. The highest BCUT2D eigenvalue weighted by Gasteiger charge is 2.47. The van der Waals surface area contributed by atoms with Gasteiger partial charge in [-0.2, -0.15) is 0 Å². The molecule has 0 aromatic heterocycles. The molecule has 1 saturated heterocycles. The Morgan fingerprint density at radius 2 is 1.70 bits per heavy atom. The highest BCUT2D eigenvalue weighted by Crippen LogP contribution is 2.44. The van der Waals surface area contributed by atoms with Gasteiger partial charge < -0.3 is 10.2 Å². The predicted octanol–water partition coefficient (Wildman–Crippen LogP) is 5.23. The molecule has 1 unspecified atom stereocenters. The number of aliphatic hydroxyl groups is 1. The van der Waals surface area contributed by atoms with Gasteiger partial charge in [-0.05, 0) is 35.9 Å². The molecule has 4 rings (SSSR count). The SMILES string of the molecule is O=C1C(=O)N(c2ccc(Cl)c(Cl)c2)C(c2cccc(O)c2)/C1=C(\O)c1cccc([N+](=O)[O-])c1. The summed E-state index contributed by atoms with van der Waals surface area (Å²) in [6.45, 7) is 0. The molecular weight excluding hydrogens is 471 g/mol. The van der Waals surface area contributed by atoms with Crippen LogP contribution in [-0.4, -0.2) is 26.8 Å². The topological polar surface area (TPSA) is 121 Å². The molecule has 3 aromatic rings. The number of rotatable bonds is 4. The zero-order valence-electron chi connectivity index (χ0n) is 16.6. The monoisotopic (exact) mass is 484 g/mol. The van der Waals surface area contributed by atoms with Gasteiger partial charge in [0.15, 0.2) is 0 Å². The number of carbonyl (C=O) groups is 2. The number of ketones is 1. The molecule has 33 heavy (non-hydrogen) atoms. The zero-order valence-corrected chi connectivity index (χ0v) is 18.1. The Kier molecular flexibility index (Phi) is 5.80. The largest absolute Gasteiger partial charge is 0.508 e.